The number of amides is 4. The maximum atomic E-state index is 12.0. The van der Waals surface area contributed by atoms with E-state index in [1.54, 1.807) is 41.3 Å². The van der Waals surface area contributed by atoms with Crippen molar-refractivity contribution in [3.63, 3.8) is 0 Å². The number of hydrogen-bond acceptors (Lipinski definition) is 6. The Morgan fingerprint density at radius 1 is 0.653 bits per heavy atom. The maximum Gasteiger partial charge on any atom is 0.328 e. The van der Waals surface area contributed by atoms with Gasteiger partial charge in [0.2, 0.25) is 17.7 Å². The number of carbonyl (C=O) groups is 3. The summed E-state index contributed by atoms with van der Waals surface area (Å²) >= 11 is 3.36. The van der Waals surface area contributed by atoms with Crippen molar-refractivity contribution in [1.29, 1.82) is 0 Å². The Morgan fingerprint density at radius 3 is 1.80 bits per heavy atom. The standard InChI is InChI=1S/C13H12N2O2.C13H13NO2.C12H10BrNO2/c16-13(14-12-6-3-9-17-12)15-8-7-10-4-1-2-5-11(10)15;1-10-4-6-11(7-5-10)9-12(15)14-13-3-2-8-16-13;13-10-4-1-3-9(7-10)8-11(15)14-12-5-2-6-16-12/h1-6,9H,7-8H2,(H,14,16);2-8H,9H2,1H3,(H,14,15);1-7H,8H2,(H,14,15). The Bertz CT molecular complexity index is 1920. The summed E-state index contributed by atoms with van der Waals surface area (Å²) in [5, 5.41) is 8.07. The summed E-state index contributed by atoms with van der Waals surface area (Å²) in [6.45, 7) is 2.73. The van der Waals surface area contributed by atoms with Gasteiger partial charge in [-0.05, 0) is 66.4 Å². The number of para-hydroxylation sites is 1. The van der Waals surface area contributed by atoms with Gasteiger partial charge in [0, 0.05) is 34.9 Å². The summed E-state index contributed by atoms with van der Waals surface area (Å²) in [5.41, 5.74) is 5.34. The second kappa shape index (κ2) is 17.4. The van der Waals surface area contributed by atoms with Crippen molar-refractivity contribution in [2.24, 2.45) is 0 Å². The summed E-state index contributed by atoms with van der Waals surface area (Å²) < 4.78 is 16.1. The van der Waals surface area contributed by atoms with Gasteiger partial charge in [-0.25, -0.2) is 4.79 Å². The zero-order chi connectivity index (χ0) is 34.4. The molecule has 49 heavy (non-hydrogen) atoms. The van der Waals surface area contributed by atoms with E-state index in [-0.39, 0.29) is 17.8 Å². The molecule has 0 unspecified atom stereocenters. The van der Waals surface area contributed by atoms with E-state index in [0.717, 1.165) is 27.7 Å². The van der Waals surface area contributed by atoms with Crippen LogP contribution >= 0.6 is 15.9 Å². The number of hydrogen-bond donors (Lipinski definition) is 3. The number of rotatable bonds is 7. The van der Waals surface area contributed by atoms with Gasteiger partial charge in [-0.15, -0.1) is 0 Å². The predicted octanol–water partition coefficient (Wildman–Crippen LogP) is 8.87. The minimum absolute atomic E-state index is 0.0706. The van der Waals surface area contributed by atoms with Crippen LogP contribution in [0.2, 0.25) is 0 Å². The van der Waals surface area contributed by atoms with Crippen molar-refractivity contribution in [2.45, 2.75) is 26.2 Å². The average molecular weight is 724 g/mol. The highest BCUT2D eigenvalue weighted by molar-refractivity contribution is 9.10. The summed E-state index contributed by atoms with van der Waals surface area (Å²) in [6.07, 6.45) is 6.19. The molecule has 3 aromatic carbocycles. The zero-order valence-electron chi connectivity index (χ0n) is 26.7. The van der Waals surface area contributed by atoms with Gasteiger partial charge in [0.25, 0.3) is 0 Å². The highest BCUT2D eigenvalue weighted by Crippen LogP contribution is 2.28. The first kappa shape index (κ1) is 34.5. The van der Waals surface area contributed by atoms with Gasteiger partial charge < -0.3 is 13.3 Å². The third-order valence-electron chi connectivity index (χ3n) is 7.19. The largest absolute Gasteiger partial charge is 0.449 e. The van der Waals surface area contributed by atoms with Crippen molar-refractivity contribution in [3.05, 3.63) is 155 Å². The van der Waals surface area contributed by atoms with Crippen molar-refractivity contribution < 1.29 is 27.6 Å². The molecule has 3 aromatic heterocycles. The maximum absolute atomic E-state index is 12.0. The van der Waals surface area contributed by atoms with Gasteiger partial charge in [0.15, 0.2) is 11.8 Å². The van der Waals surface area contributed by atoms with E-state index in [2.05, 4.69) is 37.9 Å². The van der Waals surface area contributed by atoms with Crippen molar-refractivity contribution in [2.75, 3.05) is 27.4 Å². The molecular formula is C38H35BrN4O6. The van der Waals surface area contributed by atoms with Crippen LogP contribution in [0.3, 0.4) is 0 Å². The molecule has 0 spiro atoms. The number of nitrogens with one attached hydrogen (secondary N) is 3. The van der Waals surface area contributed by atoms with E-state index >= 15 is 0 Å². The third kappa shape index (κ3) is 10.9. The lowest BCUT2D eigenvalue weighted by Gasteiger charge is -2.16. The highest BCUT2D eigenvalue weighted by atomic mass is 79.9. The van der Waals surface area contributed by atoms with Crippen LogP contribution < -0.4 is 20.9 Å². The topological polar surface area (TPSA) is 130 Å². The number of aryl methyl sites for hydroxylation is 1. The molecule has 0 fully saturated rings. The third-order valence-corrected chi connectivity index (χ3v) is 7.68. The molecule has 0 radical (unpaired) electrons. The first-order valence-corrected chi connectivity index (χ1v) is 16.3. The quantitative estimate of drug-likeness (QED) is 0.151. The van der Waals surface area contributed by atoms with Crippen molar-refractivity contribution in [3.8, 4) is 0 Å². The lowest BCUT2D eigenvalue weighted by molar-refractivity contribution is -0.116. The molecular weight excluding hydrogens is 688 g/mol. The van der Waals surface area contributed by atoms with Crippen LogP contribution in [0.15, 0.2) is 146 Å². The Labute approximate surface area is 292 Å². The molecule has 4 amide bonds. The minimum atomic E-state index is -0.148. The first-order chi connectivity index (χ1) is 23.8. The molecule has 11 heteroatoms. The van der Waals surface area contributed by atoms with E-state index in [9.17, 15) is 14.4 Å². The number of halogens is 1. The van der Waals surface area contributed by atoms with Crippen LogP contribution in [-0.2, 0) is 28.9 Å². The molecule has 10 nitrogen and oxygen atoms in total. The van der Waals surface area contributed by atoms with Crippen LogP contribution in [0.25, 0.3) is 0 Å². The molecule has 0 atom stereocenters. The summed E-state index contributed by atoms with van der Waals surface area (Å²) in [7, 11) is 0. The van der Waals surface area contributed by atoms with Crippen LogP contribution in [0.5, 0.6) is 0 Å². The summed E-state index contributed by atoms with van der Waals surface area (Å²) in [6, 6.07) is 33.7. The van der Waals surface area contributed by atoms with Crippen molar-refractivity contribution >= 4 is 57.1 Å². The molecule has 1 aliphatic rings. The number of benzene rings is 3. The Kier molecular flexibility index (Phi) is 12.2. The fourth-order valence-corrected chi connectivity index (χ4v) is 5.30. The zero-order valence-corrected chi connectivity index (χ0v) is 28.3. The smallest absolute Gasteiger partial charge is 0.328 e. The summed E-state index contributed by atoms with van der Waals surface area (Å²) in [4.78, 5) is 37.0. The molecule has 250 valence electrons. The number of urea groups is 1. The number of anilines is 4. The molecule has 0 bridgehead atoms. The van der Waals surface area contributed by atoms with Crippen LogP contribution in [0.4, 0.5) is 28.1 Å². The van der Waals surface area contributed by atoms with E-state index in [0.29, 0.717) is 37.0 Å². The number of carbonyl (C=O) groups excluding carboxylic acids is 3. The number of furan rings is 3. The second-order valence-electron chi connectivity index (χ2n) is 11.0. The SMILES string of the molecule is Cc1ccc(CC(=O)Nc2ccco2)cc1.O=C(Cc1cccc(Br)c1)Nc1ccco1.O=C(Nc1ccco1)N1CCc2ccccc21. The van der Waals surface area contributed by atoms with Crippen LogP contribution in [0, 0.1) is 6.92 Å². The predicted molar refractivity (Wildman–Crippen MR) is 193 cm³/mol. The Morgan fingerprint density at radius 2 is 1.22 bits per heavy atom. The van der Waals surface area contributed by atoms with E-state index in [1.165, 1.54) is 29.9 Å². The van der Waals surface area contributed by atoms with Crippen molar-refractivity contribution in [1.82, 2.24) is 0 Å². The normalized spacial score (nSPS) is 11.3. The Balaban J connectivity index is 0.000000143. The molecule has 6 aromatic rings. The van der Waals surface area contributed by atoms with Crippen LogP contribution in [-0.4, -0.2) is 24.4 Å². The molecule has 0 saturated carbocycles. The highest BCUT2D eigenvalue weighted by Gasteiger charge is 2.24. The van der Waals surface area contributed by atoms with Gasteiger partial charge in [-0.1, -0.05) is 76.1 Å². The molecule has 0 aliphatic carbocycles. The average Bonchev–Trinajstić information content (AvgIpc) is 3.92. The number of nitrogens with zero attached hydrogens (tertiary/aromatic N) is 1. The molecule has 0 saturated heterocycles. The second-order valence-corrected chi connectivity index (χ2v) is 11.9. The number of fused-ring (bicyclic) bond motifs is 1. The first-order valence-electron chi connectivity index (χ1n) is 15.5. The molecule has 7 rings (SSSR count). The fraction of sp³-hybridized carbons (Fsp3) is 0.132. The van der Waals surface area contributed by atoms with E-state index in [1.807, 2.05) is 73.7 Å². The lowest BCUT2D eigenvalue weighted by atomic mass is 10.1. The minimum Gasteiger partial charge on any atom is -0.449 e. The van der Waals surface area contributed by atoms with Gasteiger partial charge >= 0.3 is 6.03 Å². The van der Waals surface area contributed by atoms with E-state index < -0.39 is 0 Å². The van der Waals surface area contributed by atoms with Gasteiger partial charge in [0.05, 0.1) is 31.6 Å². The molecule has 3 N–H and O–H groups in total. The monoisotopic (exact) mass is 722 g/mol. The van der Waals surface area contributed by atoms with Gasteiger partial charge in [-0.2, -0.15) is 0 Å². The fourth-order valence-electron chi connectivity index (χ4n) is 4.86. The van der Waals surface area contributed by atoms with Crippen LogP contribution in [0.1, 0.15) is 22.3 Å². The molecule has 4 heterocycles. The summed E-state index contributed by atoms with van der Waals surface area (Å²) in [5.74, 6) is 1.27. The van der Waals surface area contributed by atoms with Gasteiger partial charge in [0.1, 0.15) is 0 Å². The molecule has 1 aliphatic heterocycles. The Hall–Kier alpha value is -5.81. The lowest BCUT2D eigenvalue weighted by Crippen LogP contribution is -2.33. The van der Waals surface area contributed by atoms with Gasteiger partial charge in [-0.3, -0.25) is 30.4 Å². The van der Waals surface area contributed by atoms with E-state index in [4.69, 9.17) is 13.3 Å².